The van der Waals surface area contributed by atoms with Gasteiger partial charge in [0.25, 0.3) is 0 Å². The van der Waals surface area contributed by atoms with Crippen molar-refractivity contribution in [1.82, 2.24) is 10.3 Å². The van der Waals surface area contributed by atoms with Gasteiger partial charge < -0.3 is 5.32 Å². The number of hydrogen-bond donors (Lipinski definition) is 1. The normalized spacial score (nSPS) is 13.7. The molecule has 1 N–H and O–H groups in total. The van der Waals surface area contributed by atoms with Crippen molar-refractivity contribution in [2.24, 2.45) is 0 Å². The molecule has 0 radical (unpaired) electrons. The fraction of sp³-hybridized carbons (Fsp3) is 0.737. The van der Waals surface area contributed by atoms with E-state index in [1.54, 1.807) is 0 Å². The first kappa shape index (κ1) is 19.6. The molecule has 0 aliphatic heterocycles. The van der Waals surface area contributed by atoms with Crippen LogP contribution in [-0.2, 0) is 12.7 Å². The van der Waals surface area contributed by atoms with Gasteiger partial charge in [0.05, 0.1) is 5.69 Å². The Kier molecular flexibility index (Phi) is 6.21. The largest absolute Gasteiger partial charge is 0.306 e. The van der Waals surface area contributed by atoms with Crippen LogP contribution in [0.2, 0.25) is 0 Å². The highest BCUT2D eigenvalue weighted by Crippen LogP contribution is 2.60. The molecule has 0 saturated heterocycles. The van der Waals surface area contributed by atoms with E-state index in [1.165, 1.54) is 5.69 Å². The van der Waals surface area contributed by atoms with Gasteiger partial charge in [-0.15, -0.1) is 0 Å². The minimum Gasteiger partial charge on any atom is -0.306 e. The van der Waals surface area contributed by atoms with Gasteiger partial charge in [-0.05, 0) is 43.2 Å². The monoisotopic (exact) mass is 322 g/mol. The molecule has 0 amide bonds. The van der Waals surface area contributed by atoms with Gasteiger partial charge in [-0.1, -0.05) is 55.5 Å². The molecule has 126 valence electrons. The Morgan fingerprint density at radius 3 is 1.82 bits per heavy atom. The van der Waals surface area contributed by atoms with Crippen LogP contribution in [0.15, 0.2) is 18.2 Å². The van der Waals surface area contributed by atoms with Crippen LogP contribution in [0.1, 0.15) is 73.7 Å². The van der Waals surface area contributed by atoms with Gasteiger partial charge in [0.2, 0.25) is 0 Å². The SMILES string of the molecule is CC(C)(C)NCc1cccc(CP(C(C)(C)C)C(C)(C)C)n1. The van der Waals surface area contributed by atoms with Gasteiger partial charge in [0.1, 0.15) is 0 Å². The van der Waals surface area contributed by atoms with Crippen LogP contribution in [0, 0.1) is 0 Å². The molecule has 0 aliphatic carbocycles. The molecular weight excluding hydrogens is 287 g/mol. The van der Waals surface area contributed by atoms with Crippen LogP contribution in [0.4, 0.5) is 0 Å². The van der Waals surface area contributed by atoms with Gasteiger partial charge in [-0.3, -0.25) is 4.98 Å². The minimum absolute atomic E-state index is 0.126. The summed E-state index contributed by atoms with van der Waals surface area (Å²) in [5.41, 5.74) is 2.51. The fourth-order valence-electron chi connectivity index (χ4n) is 2.71. The summed E-state index contributed by atoms with van der Waals surface area (Å²) in [6.07, 6.45) is 1.10. The van der Waals surface area contributed by atoms with Crippen molar-refractivity contribution in [3.63, 3.8) is 0 Å². The van der Waals surface area contributed by atoms with E-state index in [4.69, 9.17) is 4.98 Å². The summed E-state index contributed by atoms with van der Waals surface area (Å²) in [7, 11) is -0.146. The standard InChI is InChI=1S/C19H35N2P/c1-17(2,3)20-13-15-11-10-12-16(21-15)14-22(18(4,5)6)19(7,8)9/h10-12,20H,13-14H2,1-9H3. The Morgan fingerprint density at radius 2 is 1.36 bits per heavy atom. The van der Waals surface area contributed by atoms with Crippen LogP contribution in [-0.4, -0.2) is 20.8 Å². The van der Waals surface area contributed by atoms with Crippen molar-refractivity contribution in [2.75, 3.05) is 0 Å². The van der Waals surface area contributed by atoms with Crippen molar-refractivity contribution >= 4 is 7.92 Å². The second kappa shape index (κ2) is 6.97. The third-order valence-electron chi connectivity index (χ3n) is 3.60. The zero-order valence-corrected chi connectivity index (χ0v) is 16.9. The lowest BCUT2D eigenvalue weighted by Crippen LogP contribution is -2.35. The molecule has 1 aromatic heterocycles. The van der Waals surface area contributed by atoms with Gasteiger partial charge in [-0.25, -0.2) is 0 Å². The van der Waals surface area contributed by atoms with Gasteiger partial charge in [0.15, 0.2) is 0 Å². The Balaban J connectivity index is 2.89. The predicted octanol–water partition coefficient (Wildman–Crippen LogP) is 5.55. The molecular formula is C19H35N2P. The first-order valence-corrected chi connectivity index (χ1v) is 9.79. The molecule has 1 heterocycles. The molecule has 2 nitrogen and oxygen atoms in total. The van der Waals surface area contributed by atoms with Crippen LogP contribution in [0.3, 0.4) is 0 Å². The fourth-order valence-corrected chi connectivity index (χ4v) is 6.18. The van der Waals surface area contributed by atoms with Crippen LogP contribution in [0.25, 0.3) is 0 Å². The topological polar surface area (TPSA) is 24.9 Å². The van der Waals surface area contributed by atoms with E-state index in [2.05, 4.69) is 85.8 Å². The summed E-state index contributed by atoms with van der Waals surface area (Å²) in [6.45, 7) is 21.6. The molecule has 0 aromatic carbocycles. The number of pyridine rings is 1. The van der Waals surface area contributed by atoms with Gasteiger partial charge in [0, 0.05) is 23.9 Å². The molecule has 3 heteroatoms. The first-order chi connectivity index (χ1) is 9.79. The van der Waals surface area contributed by atoms with E-state index in [1.807, 2.05) is 0 Å². The molecule has 0 aliphatic rings. The van der Waals surface area contributed by atoms with Gasteiger partial charge in [-0.2, -0.15) is 0 Å². The zero-order chi connectivity index (χ0) is 17.2. The molecule has 0 fully saturated rings. The lowest BCUT2D eigenvalue weighted by molar-refractivity contribution is 0.421. The Labute approximate surface area is 139 Å². The second-order valence-corrected chi connectivity index (χ2v) is 13.0. The summed E-state index contributed by atoms with van der Waals surface area (Å²) < 4.78 is 0. The maximum absolute atomic E-state index is 4.90. The molecule has 1 rings (SSSR count). The minimum atomic E-state index is -0.146. The molecule has 0 bridgehead atoms. The quantitative estimate of drug-likeness (QED) is 0.735. The van der Waals surface area contributed by atoms with E-state index >= 15 is 0 Å². The van der Waals surface area contributed by atoms with Crippen LogP contribution >= 0.6 is 7.92 Å². The van der Waals surface area contributed by atoms with Crippen molar-refractivity contribution in [2.45, 2.75) is 90.9 Å². The summed E-state index contributed by atoms with van der Waals surface area (Å²) >= 11 is 0. The summed E-state index contributed by atoms with van der Waals surface area (Å²) in [6, 6.07) is 6.47. The van der Waals surface area contributed by atoms with Crippen molar-refractivity contribution in [1.29, 1.82) is 0 Å². The van der Waals surface area contributed by atoms with Crippen LogP contribution in [0.5, 0.6) is 0 Å². The van der Waals surface area contributed by atoms with Crippen molar-refractivity contribution < 1.29 is 0 Å². The maximum atomic E-state index is 4.90. The van der Waals surface area contributed by atoms with Crippen molar-refractivity contribution in [3.05, 3.63) is 29.6 Å². The van der Waals surface area contributed by atoms with E-state index in [0.29, 0.717) is 10.3 Å². The average Bonchev–Trinajstić information content (AvgIpc) is 2.30. The highest BCUT2D eigenvalue weighted by Gasteiger charge is 2.34. The number of hydrogen-bond acceptors (Lipinski definition) is 2. The number of nitrogens with one attached hydrogen (secondary N) is 1. The molecule has 0 unspecified atom stereocenters. The molecule has 1 aromatic rings. The third-order valence-corrected chi connectivity index (χ3v) is 7.48. The third kappa shape index (κ3) is 6.75. The summed E-state index contributed by atoms with van der Waals surface area (Å²) in [5.74, 6) is 0. The van der Waals surface area contributed by atoms with Gasteiger partial charge >= 0.3 is 0 Å². The Morgan fingerprint density at radius 1 is 0.864 bits per heavy atom. The highest BCUT2D eigenvalue weighted by atomic mass is 31.1. The van der Waals surface area contributed by atoms with E-state index in [0.717, 1.165) is 18.4 Å². The zero-order valence-electron chi connectivity index (χ0n) is 16.0. The first-order valence-electron chi connectivity index (χ1n) is 8.27. The molecule has 0 atom stereocenters. The Bertz CT molecular complexity index is 461. The second-order valence-electron chi connectivity index (χ2n) is 9.15. The predicted molar refractivity (Wildman–Crippen MR) is 101 cm³/mol. The van der Waals surface area contributed by atoms with E-state index < -0.39 is 0 Å². The summed E-state index contributed by atoms with van der Waals surface area (Å²) in [5, 5.41) is 4.21. The number of rotatable bonds is 4. The highest BCUT2D eigenvalue weighted by molar-refractivity contribution is 7.60. The van der Waals surface area contributed by atoms with E-state index in [9.17, 15) is 0 Å². The molecule has 0 spiro atoms. The number of aromatic nitrogens is 1. The Hall–Kier alpha value is -0.460. The van der Waals surface area contributed by atoms with Crippen molar-refractivity contribution in [3.8, 4) is 0 Å². The summed E-state index contributed by atoms with van der Waals surface area (Å²) in [4.78, 5) is 4.90. The molecule has 22 heavy (non-hydrogen) atoms. The number of nitrogens with zero attached hydrogens (tertiary/aromatic N) is 1. The lowest BCUT2D eigenvalue weighted by atomic mass is 10.1. The average molecular weight is 322 g/mol. The maximum Gasteiger partial charge on any atom is 0.0545 e. The van der Waals surface area contributed by atoms with E-state index in [-0.39, 0.29) is 13.5 Å². The van der Waals surface area contributed by atoms with Crippen LogP contribution < -0.4 is 5.32 Å². The smallest absolute Gasteiger partial charge is 0.0545 e. The molecule has 0 saturated carbocycles. The lowest BCUT2D eigenvalue weighted by Gasteiger charge is -2.41.